The molecular formula is C10H16N2O3. The number of carbonyl (C=O) groups excluding carboxylic acids is 2. The molecule has 2 unspecified atom stereocenters. The van der Waals surface area contributed by atoms with Crippen LogP contribution >= 0.6 is 0 Å². The second kappa shape index (κ2) is 4.82. The molecular weight excluding hydrogens is 196 g/mol. The highest BCUT2D eigenvalue weighted by molar-refractivity contribution is 5.73. The Morgan fingerprint density at radius 1 is 1.87 bits per heavy atom. The number of ether oxygens (including phenoxy) is 1. The van der Waals surface area contributed by atoms with Gasteiger partial charge in [-0.15, -0.1) is 6.58 Å². The fourth-order valence-electron chi connectivity index (χ4n) is 1.37. The van der Waals surface area contributed by atoms with Crippen LogP contribution < -0.4 is 5.32 Å². The van der Waals surface area contributed by atoms with Crippen LogP contribution in [-0.4, -0.2) is 42.1 Å². The van der Waals surface area contributed by atoms with E-state index in [1.165, 1.54) is 6.92 Å². The number of rotatable bonds is 4. The molecule has 5 nitrogen and oxygen atoms in total. The fraction of sp³-hybridized carbons (Fsp3) is 0.600. The second-order valence-electron chi connectivity index (χ2n) is 3.57. The summed E-state index contributed by atoms with van der Waals surface area (Å²) in [7, 11) is 0. The Balaban J connectivity index is 2.45. The molecule has 1 saturated heterocycles. The van der Waals surface area contributed by atoms with Crippen LogP contribution in [0.15, 0.2) is 12.7 Å². The van der Waals surface area contributed by atoms with E-state index in [-0.39, 0.29) is 24.1 Å². The highest BCUT2D eigenvalue weighted by atomic mass is 16.6. The second-order valence-corrected chi connectivity index (χ2v) is 3.57. The summed E-state index contributed by atoms with van der Waals surface area (Å²) < 4.78 is 5.07. The third-order valence-electron chi connectivity index (χ3n) is 2.31. The van der Waals surface area contributed by atoms with Gasteiger partial charge in [-0.2, -0.15) is 0 Å². The molecule has 0 aromatic carbocycles. The summed E-state index contributed by atoms with van der Waals surface area (Å²) in [4.78, 5) is 23.6. The van der Waals surface area contributed by atoms with Gasteiger partial charge in [0.2, 0.25) is 5.91 Å². The Hall–Kier alpha value is -1.52. The van der Waals surface area contributed by atoms with Crippen LogP contribution in [-0.2, 0) is 9.53 Å². The number of hydrogen-bond donors (Lipinski definition) is 1. The summed E-state index contributed by atoms with van der Waals surface area (Å²) in [6, 6.07) is -0.0418. The molecule has 0 aromatic heterocycles. The van der Waals surface area contributed by atoms with Gasteiger partial charge in [0.15, 0.2) is 0 Å². The zero-order chi connectivity index (χ0) is 11.4. The first-order valence-electron chi connectivity index (χ1n) is 4.89. The lowest BCUT2D eigenvalue weighted by Crippen LogP contribution is -2.35. The molecule has 1 aliphatic heterocycles. The molecule has 0 bridgehead atoms. The van der Waals surface area contributed by atoms with E-state index in [0.717, 1.165) is 0 Å². The van der Waals surface area contributed by atoms with Gasteiger partial charge in [0.05, 0.1) is 19.1 Å². The smallest absolute Gasteiger partial charge is 0.410 e. The maximum atomic E-state index is 11.4. The molecule has 0 radical (unpaired) electrons. The minimum absolute atomic E-state index is 0.0418. The molecule has 1 aliphatic rings. The lowest BCUT2D eigenvalue weighted by molar-refractivity contribution is -0.119. The van der Waals surface area contributed by atoms with Gasteiger partial charge in [0.1, 0.15) is 6.10 Å². The fourth-order valence-corrected chi connectivity index (χ4v) is 1.37. The molecule has 15 heavy (non-hydrogen) atoms. The number of nitrogens with zero attached hydrogens (tertiary/aromatic N) is 1. The largest absolute Gasteiger partial charge is 0.442 e. The average molecular weight is 212 g/mol. The summed E-state index contributed by atoms with van der Waals surface area (Å²) in [6.07, 6.45) is 1.07. The monoisotopic (exact) mass is 212 g/mol. The van der Waals surface area contributed by atoms with Crippen molar-refractivity contribution in [2.24, 2.45) is 0 Å². The van der Waals surface area contributed by atoms with Crippen LogP contribution in [0.3, 0.4) is 0 Å². The van der Waals surface area contributed by atoms with Gasteiger partial charge in [-0.1, -0.05) is 6.08 Å². The van der Waals surface area contributed by atoms with Crippen LogP contribution in [0.1, 0.15) is 13.8 Å². The van der Waals surface area contributed by atoms with Crippen molar-refractivity contribution in [2.45, 2.75) is 26.0 Å². The Morgan fingerprint density at radius 3 is 3.07 bits per heavy atom. The molecule has 0 spiro atoms. The van der Waals surface area contributed by atoms with Crippen LogP contribution in [0.4, 0.5) is 4.79 Å². The minimum Gasteiger partial charge on any atom is -0.442 e. The normalized spacial score (nSPS) is 22.1. The minimum atomic E-state index is -0.349. The van der Waals surface area contributed by atoms with Crippen molar-refractivity contribution in [3.05, 3.63) is 12.7 Å². The average Bonchev–Trinajstić information content (AvgIpc) is 2.55. The summed E-state index contributed by atoms with van der Waals surface area (Å²) in [5, 5.41) is 2.62. The van der Waals surface area contributed by atoms with Crippen molar-refractivity contribution in [3.63, 3.8) is 0 Å². The molecule has 0 aromatic rings. The number of cyclic esters (lactones) is 1. The Morgan fingerprint density at radius 2 is 2.53 bits per heavy atom. The van der Waals surface area contributed by atoms with Crippen molar-refractivity contribution in [2.75, 3.05) is 13.1 Å². The predicted octanol–water partition coefficient (Wildman–Crippen LogP) is 0.518. The predicted molar refractivity (Wildman–Crippen MR) is 55.3 cm³/mol. The molecule has 5 heteroatoms. The zero-order valence-electron chi connectivity index (χ0n) is 9.03. The van der Waals surface area contributed by atoms with Gasteiger partial charge < -0.3 is 10.1 Å². The van der Waals surface area contributed by atoms with Crippen LogP contribution in [0.5, 0.6) is 0 Å². The first-order chi connectivity index (χ1) is 7.04. The number of amides is 2. The third kappa shape index (κ3) is 2.97. The molecule has 2 atom stereocenters. The molecule has 84 valence electrons. The molecule has 0 saturated carbocycles. The Bertz CT molecular complexity index is 278. The zero-order valence-corrected chi connectivity index (χ0v) is 9.03. The van der Waals surface area contributed by atoms with Crippen LogP contribution in [0.2, 0.25) is 0 Å². The molecule has 1 rings (SSSR count). The maximum Gasteiger partial charge on any atom is 0.410 e. The lowest BCUT2D eigenvalue weighted by Gasteiger charge is -2.17. The Labute approximate surface area is 89.1 Å². The van der Waals surface area contributed by atoms with Crippen molar-refractivity contribution in [1.82, 2.24) is 10.2 Å². The van der Waals surface area contributed by atoms with E-state index < -0.39 is 0 Å². The molecule has 1 N–H and O–H groups in total. The van der Waals surface area contributed by atoms with E-state index in [9.17, 15) is 9.59 Å². The van der Waals surface area contributed by atoms with E-state index in [2.05, 4.69) is 11.9 Å². The molecule has 1 heterocycles. The van der Waals surface area contributed by atoms with Crippen molar-refractivity contribution in [3.8, 4) is 0 Å². The summed E-state index contributed by atoms with van der Waals surface area (Å²) in [5.74, 6) is -0.124. The van der Waals surface area contributed by atoms with Crippen molar-refractivity contribution < 1.29 is 14.3 Å². The van der Waals surface area contributed by atoms with E-state index >= 15 is 0 Å². The highest BCUT2D eigenvalue weighted by Gasteiger charge is 2.33. The Kier molecular flexibility index (Phi) is 3.71. The molecule has 2 amide bonds. The third-order valence-corrected chi connectivity index (χ3v) is 2.31. The van der Waals surface area contributed by atoms with Gasteiger partial charge in [-0.25, -0.2) is 4.79 Å². The van der Waals surface area contributed by atoms with E-state index in [1.807, 2.05) is 6.92 Å². The quantitative estimate of drug-likeness (QED) is 0.691. The molecule has 1 fully saturated rings. The number of nitrogens with one attached hydrogen (secondary N) is 1. The maximum absolute atomic E-state index is 11.4. The van der Waals surface area contributed by atoms with E-state index in [4.69, 9.17) is 4.74 Å². The van der Waals surface area contributed by atoms with E-state index in [1.54, 1.807) is 11.0 Å². The van der Waals surface area contributed by atoms with Gasteiger partial charge in [0.25, 0.3) is 0 Å². The number of hydrogen-bond acceptors (Lipinski definition) is 3. The van der Waals surface area contributed by atoms with Gasteiger partial charge in [-0.3, -0.25) is 9.69 Å². The van der Waals surface area contributed by atoms with Gasteiger partial charge in [0, 0.05) is 6.92 Å². The van der Waals surface area contributed by atoms with Gasteiger partial charge in [-0.05, 0) is 6.92 Å². The van der Waals surface area contributed by atoms with Crippen LogP contribution in [0, 0.1) is 0 Å². The topological polar surface area (TPSA) is 58.6 Å². The SMILES string of the molecule is C=CC(C)N1CC(CNC(C)=O)OC1=O. The summed E-state index contributed by atoms with van der Waals surface area (Å²) in [6.45, 7) is 7.78. The van der Waals surface area contributed by atoms with Gasteiger partial charge >= 0.3 is 6.09 Å². The van der Waals surface area contributed by atoms with Crippen molar-refractivity contribution in [1.29, 1.82) is 0 Å². The van der Waals surface area contributed by atoms with Crippen molar-refractivity contribution >= 4 is 12.0 Å². The first kappa shape index (κ1) is 11.6. The number of carbonyl (C=O) groups is 2. The summed E-state index contributed by atoms with van der Waals surface area (Å²) >= 11 is 0. The van der Waals surface area contributed by atoms with Crippen LogP contribution in [0.25, 0.3) is 0 Å². The lowest BCUT2D eigenvalue weighted by atomic mass is 10.2. The standard InChI is InChI=1S/C10H16N2O3/c1-4-7(2)12-6-9(15-10(12)14)5-11-8(3)13/h4,7,9H,1,5-6H2,2-3H3,(H,11,13). The first-order valence-corrected chi connectivity index (χ1v) is 4.89. The highest BCUT2D eigenvalue weighted by Crippen LogP contribution is 2.14. The molecule has 0 aliphatic carbocycles. The summed E-state index contributed by atoms with van der Waals surface area (Å²) in [5.41, 5.74) is 0. The van der Waals surface area contributed by atoms with E-state index in [0.29, 0.717) is 13.1 Å².